The zero-order valence-corrected chi connectivity index (χ0v) is 17.3. The van der Waals surface area contributed by atoms with Crippen LogP contribution in [0.3, 0.4) is 0 Å². The second kappa shape index (κ2) is 9.64. The molecule has 0 amide bonds. The Labute approximate surface area is 165 Å². The Morgan fingerprint density at radius 3 is 2.65 bits per heavy atom. The fraction of sp³-hybridized carbons (Fsp3) is 0.389. The van der Waals surface area contributed by atoms with E-state index in [1.54, 1.807) is 18.4 Å². The van der Waals surface area contributed by atoms with Crippen LogP contribution in [0.1, 0.15) is 32.3 Å². The highest BCUT2D eigenvalue weighted by atomic mass is 79.9. The molecule has 0 saturated carbocycles. The number of nitrogens with zero attached hydrogens (tertiary/aromatic N) is 2. The Balaban J connectivity index is 2.60. The highest BCUT2D eigenvalue weighted by molar-refractivity contribution is 9.10. The van der Waals surface area contributed by atoms with Gasteiger partial charge in [0.1, 0.15) is 11.6 Å². The van der Waals surface area contributed by atoms with E-state index in [0.29, 0.717) is 45.6 Å². The van der Waals surface area contributed by atoms with Crippen molar-refractivity contribution < 1.29 is 9.47 Å². The van der Waals surface area contributed by atoms with Crippen LogP contribution in [0.5, 0.6) is 11.5 Å². The van der Waals surface area contributed by atoms with Crippen LogP contribution < -0.4 is 15.0 Å². The van der Waals surface area contributed by atoms with Crippen molar-refractivity contribution in [2.75, 3.05) is 19.5 Å². The first-order valence-corrected chi connectivity index (χ1v) is 10.2. The topological polar surface area (TPSA) is 88.0 Å². The standard InChI is InChI=1S/C18H20BrN3O3S/c1-4-6-7-25-15-9-13(19)11(8-14(15)24-5-2)16-12(10-20)17(23)22-18(21-16)26-3/h8-9H,4-7H2,1-3H3,(H,21,22,23). The molecule has 0 atom stereocenters. The summed E-state index contributed by atoms with van der Waals surface area (Å²) >= 11 is 4.81. The van der Waals surface area contributed by atoms with Crippen molar-refractivity contribution in [3.8, 4) is 28.8 Å². The first-order valence-electron chi connectivity index (χ1n) is 8.23. The monoisotopic (exact) mass is 437 g/mol. The van der Waals surface area contributed by atoms with E-state index in [4.69, 9.17) is 9.47 Å². The molecule has 138 valence electrons. The first-order chi connectivity index (χ1) is 12.5. The zero-order valence-electron chi connectivity index (χ0n) is 14.9. The molecule has 0 bridgehead atoms. The minimum absolute atomic E-state index is 0.0365. The summed E-state index contributed by atoms with van der Waals surface area (Å²) < 4.78 is 12.2. The van der Waals surface area contributed by atoms with Gasteiger partial charge in [-0.15, -0.1) is 0 Å². The molecule has 1 aromatic carbocycles. The number of halogens is 1. The SMILES string of the molecule is CCCCOc1cc(Br)c(-c2nc(SC)[nH]c(=O)c2C#N)cc1OCC. The van der Waals surface area contributed by atoms with E-state index in [1.807, 2.05) is 13.0 Å². The van der Waals surface area contributed by atoms with Crippen LogP contribution in [-0.4, -0.2) is 29.4 Å². The number of benzene rings is 1. The van der Waals surface area contributed by atoms with Gasteiger partial charge in [0.25, 0.3) is 5.56 Å². The van der Waals surface area contributed by atoms with Crippen LogP contribution in [-0.2, 0) is 0 Å². The number of rotatable bonds is 8. The van der Waals surface area contributed by atoms with Crippen LogP contribution in [0.15, 0.2) is 26.6 Å². The molecule has 1 heterocycles. The average molecular weight is 438 g/mol. The molecule has 0 saturated heterocycles. The summed E-state index contributed by atoms with van der Waals surface area (Å²) in [7, 11) is 0. The Morgan fingerprint density at radius 2 is 2.04 bits per heavy atom. The molecular weight excluding hydrogens is 418 g/mol. The third-order valence-corrected chi connectivity index (χ3v) is 4.78. The minimum atomic E-state index is -0.463. The number of ether oxygens (including phenoxy) is 2. The van der Waals surface area contributed by atoms with E-state index in [1.165, 1.54) is 11.8 Å². The lowest BCUT2D eigenvalue weighted by Gasteiger charge is -2.15. The van der Waals surface area contributed by atoms with Gasteiger partial charge in [0.05, 0.1) is 18.9 Å². The largest absolute Gasteiger partial charge is 0.490 e. The number of aromatic nitrogens is 2. The maximum atomic E-state index is 12.2. The smallest absolute Gasteiger partial charge is 0.270 e. The van der Waals surface area contributed by atoms with E-state index in [-0.39, 0.29) is 5.56 Å². The lowest BCUT2D eigenvalue weighted by molar-refractivity contribution is 0.272. The van der Waals surface area contributed by atoms with Crippen LogP contribution in [0.4, 0.5) is 0 Å². The van der Waals surface area contributed by atoms with Gasteiger partial charge in [0, 0.05) is 10.0 Å². The first kappa shape index (κ1) is 20.3. The predicted molar refractivity (Wildman–Crippen MR) is 106 cm³/mol. The van der Waals surface area contributed by atoms with E-state index in [0.717, 1.165) is 12.8 Å². The average Bonchev–Trinajstić information content (AvgIpc) is 2.63. The summed E-state index contributed by atoms with van der Waals surface area (Å²) in [5, 5.41) is 9.84. The second-order valence-electron chi connectivity index (χ2n) is 5.32. The summed E-state index contributed by atoms with van der Waals surface area (Å²) in [4.78, 5) is 19.2. The van der Waals surface area contributed by atoms with Gasteiger partial charge in [-0.05, 0) is 47.7 Å². The lowest BCUT2D eigenvalue weighted by Crippen LogP contribution is -2.14. The van der Waals surface area contributed by atoms with Crippen LogP contribution in [0, 0.1) is 11.3 Å². The Morgan fingerprint density at radius 1 is 1.31 bits per heavy atom. The number of hydrogen-bond acceptors (Lipinski definition) is 6. The van der Waals surface area contributed by atoms with Crippen molar-refractivity contribution in [2.24, 2.45) is 0 Å². The number of thioether (sulfide) groups is 1. The molecule has 0 aliphatic carbocycles. The number of unbranched alkanes of at least 4 members (excludes halogenated alkanes) is 1. The van der Waals surface area contributed by atoms with Gasteiger partial charge in [-0.3, -0.25) is 4.79 Å². The van der Waals surface area contributed by atoms with Crippen molar-refractivity contribution >= 4 is 27.7 Å². The Hall–Kier alpha value is -1.98. The molecule has 0 aliphatic rings. The van der Waals surface area contributed by atoms with Gasteiger partial charge in [0.2, 0.25) is 0 Å². The van der Waals surface area contributed by atoms with Crippen molar-refractivity contribution in [2.45, 2.75) is 31.8 Å². The van der Waals surface area contributed by atoms with Gasteiger partial charge in [-0.1, -0.05) is 25.1 Å². The normalized spacial score (nSPS) is 10.4. The third kappa shape index (κ3) is 4.59. The molecular formula is C18H20BrN3O3S. The van der Waals surface area contributed by atoms with Crippen LogP contribution in [0.25, 0.3) is 11.3 Å². The molecule has 8 heteroatoms. The maximum absolute atomic E-state index is 12.2. The molecule has 0 spiro atoms. The van der Waals surface area contributed by atoms with E-state index < -0.39 is 5.56 Å². The fourth-order valence-electron chi connectivity index (χ4n) is 2.27. The summed E-state index contributed by atoms with van der Waals surface area (Å²) in [6, 6.07) is 5.48. The summed E-state index contributed by atoms with van der Waals surface area (Å²) in [6.45, 7) is 5.04. The number of hydrogen-bond donors (Lipinski definition) is 1. The van der Waals surface area contributed by atoms with Gasteiger partial charge in [-0.2, -0.15) is 5.26 Å². The van der Waals surface area contributed by atoms with Gasteiger partial charge in [-0.25, -0.2) is 4.98 Å². The Bertz CT molecular complexity index is 877. The quantitative estimate of drug-likeness (QED) is 0.374. The lowest BCUT2D eigenvalue weighted by atomic mass is 10.1. The van der Waals surface area contributed by atoms with Crippen LogP contribution >= 0.6 is 27.7 Å². The molecule has 1 N–H and O–H groups in total. The van der Waals surface area contributed by atoms with Crippen molar-refractivity contribution in [3.63, 3.8) is 0 Å². The number of nitriles is 1. The van der Waals surface area contributed by atoms with Crippen molar-refractivity contribution in [1.29, 1.82) is 5.26 Å². The predicted octanol–water partition coefficient (Wildman–Crippen LogP) is 4.37. The van der Waals surface area contributed by atoms with Crippen molar-refractivity contribution in [1.82, 2.24) is 9.97 Å². The molecule has 6 nitrogen and oxygen atoms in total. The minimum Gasteiger partial charge on any atom is -0.490 e. The van der Waals surface area contributed by atoms with Gasteiger partial charge < -0.3 is 14.5 Å². The molecule has 1 aromatic heterocycles. The fourth-order valence-corrected chi connectivity index (χ4v) is 3.16. The zero-order chi connectivity index (χ0) is 19.1. The summed E-state index contributed by atoms with van der Waals surface area (Å²) in [5.41, 5.74) is 0.420. The number of H-pyrrole nitrogens is 1. The molecule has 26 heavy (non-hydrogen) atoms. The number of nitrogens with one attached hydrogen (secondary N) is 1. The highest BCUT2D eigenvalue weighted by Gasteiger charge is 2.19. The molecule has 0 aliphatic heterocycles. The molecule has 2 aromatic rings. The molecule has 0 unspecified atom stereocenters. The number of aromatic amines is 1. The van der Waals surface area contributed by atoms with Gasteiger partial charge in [0.15, 0.2) is 16.7 Å². The highest BCUT2D eigenvalue weighted by Crippen LogP contribution is 2.39. The van der Waals surface area contributed by atoms with E-state index >= 15 is 0 Å². The Kier molecular flexibility index (Phi) is 7.54. The van der Waals surface area contributed by atoms with Gasteiger partial charge >= 0.3 is 0 Å². The van der Waals surface area contributed by atoms with E-state index in [2.05, 4.69) is 32.8 Å². The maximum Gasteiger partial charge on any atom is 0.270 e. The second-order valence-corrected chi connectivity index (χ2v) is 6.97. The summed E-state index contributed by atoms with van der Waals surface area (Å²) in [6.07, 6.45) is 3.78. The van der Waals surface area contributed by atoms with Crippen LogP contribution in [0.2, 0.25) is 0 Å². The third-order valence-electron chi connectivity index (χ3n) is 3.55. The summed E-state index contributed by atoms with van der Waals surface area (Å²) in [5.74, 6) is 1.17. The van der Waals surface area contributed by atoms with Crippen molar-refractivity contribution in [3.05, 3.63) is 32.5 Å². The molecule has 0 radical (unpaired) electrons. The van der Waals surface area contributed by atoms with E-state index in [9.17, 15) is 10.1 Å². The molecule has 0 fully saturated rings. The molecule has 2 rings (SSSR count).